The van der Waals surface area contributed by atoms with Crippen molar-refractivity contribution in [3.8, 4) is 11.6 Å². The van der Waals surface area contributed by atoms with Crippen LogP contribution in [0.2, 0.25) is 0 Å². The molecule has 0 saturated heterocycles. The zero-order chi connectivity index (χ0) is 13.9. The number of nitrogens with one attached hydrogen (secondary N) is 1. The van der Waals surface area contributed by atoms with Crippen molar-refractivity contribution in [2.75, 3.05) is 0 Å². The molecule has 2 aromatic rings. The van der Waals surface area contributed by atoms with Gasteiger partial charge in [0.15, 0.2) is 0 Å². The van der Waals surface area contributed by atoms with Crippen LogP contribution in [-0.2, 0) is 6.54 Å². The lowest BCUT2D eigenvalue weighted by molar-refractivity contribution is 0.456. The van der Waals surface area contributed by atoms with E-state index in [-0.39, 0.29) is 0 Å². The van der Waals surface area contributed by atoms with E-state index < -0.39 is 0 Å². The van der Waals surface area contributed by atoms with Gasteiger partial charge in [0.1, 0.15) is 5.75 Å². The van der Waals surface area contributed by atoms with Gasteiger partial charge in [0.05, 0.1) is 6.20 Å². The minimum absolute atomic E-state index is 0.644. The van der Waals surface area contributed by atoms with Gasteiger partial charge in [0, 0.05) is 30.0 Å². The molecule has 0 aromatic carbocycles. The number of rotatable bonds is 5. The summed E-state index contributed by atoms with van der Waals surface area (Å²) in [6.07, 6.45) is 6.19. The van der Waals surface area contributed by atoms with Gasteiger partial charge in [-0.05, 0) is 50.5 Å². The summed E-state index contributed by atoms with van der Waals surface area (Å²) in [6.45, 7) is 4.85. The Labute approximate surface area is 119 Å². The van der Waals surface area contributed by atoms with Crippen molar-refractivity contribution in [3.63, 3.8) is 0 Å². The third kappa shape index (κ3) is 3.33. The van der Waals surface area contributed by atoms with Crippen molar-refractivity contribution in [2.45, 2.75) is 39.3 Å². The van der Waals surface area contributed by atoms with E-state index >= 15 is 0 Å². The highest BCUT2D eigenvalue weighted by atomic mass is 16.5. The molecule has 1 aliphatic carbocycles. The lowest BCUT2D eigenvalue weighted by Crippen LogP contribution is -2.15. The van der Waals surface area contributed by atoms with Crippen LogP contribution in [0.5, 0.6) is 11.6 Å². The smallest absolute Gasteiger partial charge is 0.222 e. The molecule has 0 spiro atoms. The van der Waals surface area contributed by atoms with E-state index in [0.717, 1.165) is 23.6 Å². The summed E-state index contributed by atoms with van der Waals surface area (Å²) in [4.78, 5) is 8.62. The highest BCUT2D eigenvalue weighted by Crippen LogP contribution is 2.23. The molecule has 4 heteroatoms. The molecule has 1 fully saturated rings. The SMILES string of the molecule is Cc1ccc(Oc2ncc(CNC3CC3)cc2C)cn1. The molecule has 2 heterocycles. The normalized spacial score (nSPS) is 14.3. The molecule has 0 aliphatic heterocycles. The highest BCUT2D eigenvalue weighted by Gasteiger charge is 2.20. The molecule has 1 N–H and O–H groups in total. The predicted molar refractivity (Wildman–Crippen MR) is 77.9 cm³/mol. The molecule has 2 aromatic heterocycles. The van der Waals surface area contributed by atoms with E-state index in [2.05, 4.69) is 21.4 Å². The molecular formula is C16H19N3O. The van der Waals surface area contributed by atoms with Gasteiger partial charge in [-0.25, -0.2) is 4.98 Å². The van der Waals surface area contributed by atoms with Crippen LogP contribution in [0.3, 0.4) is 0 Å². The molecular weight excluding hydrogens is 250 g/mol. The number of pyridine rings is 2. The van der Waals surface area contributed by atoms with Gasteiger partial charge >= 0.3 is 0 Å². The molecule has 1 saturated carbocycles. The van der Waals surface area contributed by atoms with E-state index in [1.54, 1.807) is 6.20 Å². The maximum atomic E-state index is 5.76. The van der Waals surface area contributed by atoms with Crippen molar-refractivity contribution in [2.24, 2.45) is 0 Å². The van der Waals surface area contributed by atoms with Gasteiger partial charge in [-0.3, -0.25) is 4.98 Å². The maximum Gasteiger partial charge on any atom is 0.222 e. The van der Waals surface area contributed by atoms with Gasteiger partial charge < -0.3 is 10.1 Å². The summed E-state index contributed by atoms with van der Waals surface area (Å²) < 4.78 is 5.76. The van der Waals surface area contributed by atoms with Crippen molar-refractivity contribution in [3.05, 3.63) is 47.4 Å². The Kier molecular flexibility index (Phi) is 3.65. The summed E-state index contributed by atoms with van der Waals surface area (Å²) in [6, 6.07) is 6.68. The summed E-state index contributed by atoms with van der Waals surface area (Å²) >= 11 is 0. The summed E-state index contributed by atoms with van der Waals surface area (Å²) in [5.41, 5.74) is 3.22. The van der Waals surface area contributed by atoms with Crippen LogP contribution >= 0.6 is 0 Å². The largest absolute Gasteiger partial charge is 0.437 e. The molecule has 0 bridgehead atoms. The summed E-state index contributed by atoms with van der Waals surface area (Å²) in [7, 11) is 0. The van der Waals surface area contributed by atoms with Crippen molar-refractivity contribution in [1.29, 1.82) is 0 Å². The molecule has 3 rings (SSSR count). The number of aryl methyl sites for hydroxylation is 2. The Balaban J connectivity index is 1.68. The van der Waals surface area contributed by atoms with E-state index in [1.165, 1.54) is 18.4 Å². The minimum Gasteiger partial charge on any atom is -0.437 e. The Morgan fingerprint density at radius 1 is 1.20 bits per heavy atom. The molecule has 104 valence electrons. The molecule has 0 radical (unpaired) electrons. The van der Waals surface area contributed by atoms with Crippen molar-refractivity contribution in [1.82, 2.24) is 15.3 Å². The number of hydrogen-bond donors (Lipinski definition) is 1. The Bertz CT molecular complexity index is 591. The standard InChI is InChI=1S/C16H19N3O/c1-11-7-13(8-18-14-4-5-14)9-19-16(11)20-15-6-3-12(2)17-10-15/h3,6-7,9-10,14,18H,4-5,8H2,1-2H3. The molecule has 20 heavy (non-hydrogen) atoms. The first-order valence-corrected chi connectivity index (χ1v) is 7.00. The summed E-state index contributed by atoms with van der Waals surface area (Å²) in [5.74, 6) is 1.36. The third-order valence-electron chi connectivity index (χ3n) is 3.36. The van der Waals surface area contributed by atoms with E-state index in [4.69, 9.17) is 4.74 Å². The van der Waals surface area contributed by atoms with Crippen LogP contribution in [0.4, 0.5) is 0 Å². The van der Waals surface area contributed by atoms with Crippen molar-refractivity contribution >= 4 is 0 Å². The Hall–Kier alpha value is -1.94. The van der Waals surface area contributed by atoms with Crippen LogP contribution < -0.4 is 10.1 Å². The van der Waals surface area contributed by atoms with Crippen LogP contribution in [0.1, 0.15) is 29.7 Å². The second-order valence-electron chi connectivity index (χ2n) is 5.36. The maximum absolute atomic E-state index is 5.76. The van der Waals surface area contributed by atoms with E-state index in [0.29, 0.717) is 11.9 Å². The van der Waals surface area contributed by atoms with E-state index in [1.807, 2.05) is 32.2 Å². The number of hydrogen-bond acceptors (Lipinski definition) is 4. The lowest BCUT2D eigenvalue weighted by Gasteiger charge is -2.09. The van der Waals surface area contributed by atoms with Crippen LogP contribution in [0.15, 0.2) is 30.6 Å². The monoisotopic (exact) mass is 269 g/mol. The number of nitrogens with zero attached hydrogens (tertiary/aromatic N) is 2. The Morgan fingerprint density at radius 3 is 2.70 bits per heavy atom. The van der Waals surface area contributed by atoms with Crippen molar-refractivity contribution < 1.29 is 4.74 Å². The second kappa shape index (κ2) is 5.59. The molecule has 0 amide bonds. The zero-order valence-electron chi connectivity index (χ0n) is 11.9. The molecule has 0 unspecified atom stereocenters. The lowest BCUT2D eigenvalue weighted by atomic mass is 10.2. The predicted octanol–water partition coefficient (Wildman–Crippen LogP) is 3.14. The van der Waals surface area contributed by atoms with Crippen LogP contribution in [0.25, 0.3) is 0 Å². The third-order valence-corrected chi connectivity index (χ3v) is 3.36. The fraction of sp³-hybridized carbons (Fsp3) is 0.375. The zero-order valence-corrected chi connectivity index (χ0v) is 11.9. The first kappa shape index (κ1) is 13.1. The van der Waals surface area contributed by atoms with Gasteiger partial charge in [-0.1, -0.05) is 0 Å². The Morgan fingerprint density at radius 2 is 2.05 bits per heavy atom. The molecule has 0 atom stereocenters. The highest BCUT2D eigenvalue weighted by molar-refractivity contribution is 5.33. The average molecular weight is 269 g/mol. The second-order valence-corrected chi connectivity index (χ2v) is 5.36. The van der Waals surface area contributed by atoms with Gasteiger partial charge in [-0.15, -0.1) is 0 Å². The van der Waals surface area contributed by atoms with E-state index in [9.17, 15) is 0 Å². The van der Waals surface area contributed by atoms with Crippen LogP contribution in [-0.4, -0.2) is 16.0 Å². The first-order chi connectivity index (χ1) is 9.70. The van der Waals surface area contributed by atoms with Gasteiger partial charge in [0.25, 0.3) is 0 Å². The van der Waals surface area contributed by atoms with Gasteiger partial charge in [-0.2, -0.15) is 0 Å². The fourth-order valence-electron chi connectivity index (χ4n) is 2.00. The topological polar surface area (TPSA) is 47.0 Å². The minimum atomic E-state index is 0.644. The van der Waals surface area contributed by atoms with Gasteiger partial charge in [0.2, 0.25) is 5.88 Å². The quantitative estimate of drug-likeness (QED) is 0.906. The number of aromatic nitrogens is 2. The summed E-state index contributed by atoms with van der Waals surface area (Å²) in [5, 5.41) is 3.48. The molecule has 4 nitrogen and oxygen atoms in total. The number of ether oxygens (including phenoxy) is 1. The first-order valence-electron chi connectivity index (χ1n) is 7.00. The molecule has 1 aliphatic rings. The average Bonchev–Trinajstić information content (AvgIpc) is 3.26. The fourth-order valence-corrected chi connectivity index (χ4v) is 2.00. The van der Waals surface area contributed by atoms with Crippen LogP contribution in [0, 0.1) is 13.8 Å².